The van der Waals surface area contributed by atoms with Gasteiger partial charge in [0.25, 0.3) is 5.91 Å². The molecule has 0 saturated carbocycles. The first-order chi connectivity index (χ1) is 18.0. The molecule has 0 atom stereocenters. The van der Waals surface area contributed by atoms with Gasteiger partial charge in [0.1, 0.15) is 9.91 Å². The number of hydrogen-bond donors (Lipinski definition) is 2. The standard InChI is InChI=1S/C26H32Cl2N4O4S/c27-20-3-1-19(2-4-20)16-30-26(34)23(17-29-5-6-31-7-11-35-12-8-31)24(33)22-15-21(37-25(22)28)18-32-9-13-36-14-10-32/h1-4,15,17,29H,5-14,16,18H2,(H,30,34)/b23-17-. The zero-order valence-electron chi connectivity index (χ0n) is 20.6. The van der Waals surface area contributed by atoms with Crippen LogP contribution in [0.2, 0.25) is 9.36 Å². The third-order valence-corrected chi connectivity index (χ3v) is 7.84. The van der Waals surface area contributed by atoms with Crippen LogP contribution in [-0.2, 0) is 27.4 Å². The first kappa shape index (κ1) is 28.0. The van der Waals surface area contributed by atoms with E-state index in [4.69, 9.17) is 32.7 Å². The van der Waals surface area contributed by atoms with Crippen molar-refractivity contribution >= 4 is 46.2 Å². The molecule has 2 fully saturated rings. The van der Waals surface area contributed by atoms with Gasteiger partial charge in [-0.2, -0.15) is 0 Å². The van der Waals surface area contributed by atoms with Crippen LogP contribution in [-0.4, -0.2) is 87.2 Å². The Bertz CT molecular complexity index is 1080. The number of morpholine rings is 2. The number of amides is 1. The van der Waals surface area contributed by atoms with Gasteiger partial charge in [0, 0.05) is 68.5 Å². The lowest BCUT2D eigenvalue weighted by Gasteiger charge is -2.26. The molecule has 1 amide bonds. The first-order valence-electron chi connectivity index (χ1n) is 12.4. The lowest BCUT2D eigenvalue weighted by atomic mass is 10.1. The Morgan fingerprint density at radius 2 is 1.62 bits per heavy atom. The molecule has 8 nitrogen and oxygen atoms in total. The molecule has 2 aliphatic heterocycles. The maximum absolute atomic E-state index is 13.5. The topological polar surface area (TPSA) is 83.1 Å². The monoisotopic (exact) mass is 566 g/mol. The number of benzene rings is 1. The summed E-state index contributed by atoms with van der Waals surface area (Å²) in [7, 11) is 0. The summed E-state index contributed by atoms with van der Waals surface area (Å²) in [5, 5.41) is 6.63. The maximum Gasteiger partial charge on any atom is 0.257 e. The zero-order valence-corrected chi connectivity index (χ0v) is 23.0. The smallest absolute Gasteiger partial charge is 0.257 e. The molecular formula is C26H32Cl2N4O4S. The number of Topliss-reactive ketones (excluding diaryl/α,β-unsaturated/α-hetero) is 1. The molecule has 3 heterocycles. The summed E-state index contributed by atoms with van der Waals surface area (Å²) >= 11 is 13.8. The van der Waals surface area contributed by atoms with Crippen molar-refractivity contribution in [3.63, 3.8) is 0 Å². The molecule has 2 aliphatic rings. The van der Waals surface area contributed by atoms with Gasteiger partial charge in [-0.15, -0.1) is 11.3 Å². The van der Waals surface area contributed by atoms with Crippen molar-refractivity contribution in [1.29, 1.82) is 0 Å². The molecule has 200 valence electrons. The summed E-state index contributed by atoms with van der Waals surface area (Å²) in [6, 6.07) is 9.00. The highest BCUT2D eigenvalue weighted by molar-refractivity contribution is 7.16. The van der Waals surface area contributed by atoms with Gasteiger partial charge in [-0.25, -0.2) is 0 Å². The normalized spacial score (nSPS) is 17.5. The third-order valence-electron chi connectivity index (χ3n) is 6.24. The molecule has 0 bridgehead atoms. The van der Waals surface area contributed by atoms with Crippen LogP contribution in [0.3, 0.4) is 0 Å². The number of ketones is 1. The highest BCUT2D eigenvalue weighted by Crippen LogP contribution is 2.30. The molecule has 11 heteroatoms. The van der Waals surface area contributed by atoms with E-state index in [1.165, 1.54) is 17.5 Å². The van der Waals surface area contributed by atoms with Gasteiger partial charge in [-0.1, -0.05) is 35.3 Å². The second kappa shape index (κ2) is 14.2. The van der Waals surface area contributed by atoms with E-state index >= 15 is 0 Å². The van der Waals surface area contributed by atoms with Gasteiger partial charge in [0.2, 0.25) is 5.78 Å². The minimum atomic E-state index is -0.462. The van der Waals surface area contributed by atoms with E-state index in [-0.39, 0.29) is 12.1 Å². The number of thiophene rings is 1. The van der Waals surface area contributed by atoms with E-state index in [9.17, 15) is 9.59 Å². The van der Waals surface area contributed by atoms with Gasteiger partial charge in [0.05, 0.1) is 32.0 Å². The molecule has 1 aromatic carbocycles. The van der Waals surface area contributed by atoms with Crippen LogP contribution in [0.15, 0.2) is 42.1 Å². The molecule has 37 heavy (non-hydrogen) atoms. The Balaban J connectivity index is 1.44. The van der Waals surface area contributed by atoms with Crippen LogP contribution in [0, 0.1) is 0 Å². The molecule has 0 spiro atoms. The Morgan fingerprint density at radius 1 is 0.973 bits per heavy atom. The number of nitrogens with zero attached hydrogens (tertiary/aromatic N) is 2. The number of ether oxygens (including phenoxy) is 2. The number of nitrogens with one attached hydrogen (secondary N) is 2. The van der Waals surface area contributed by atoms with Crippen molar-refractivity contribution in [1.82, 2.24) is 20.4 Å². The number of hydrogen-bond acceptors (Lipinski definition) is 8. The zero-order chi connectivity index (χ0) is 26.0. The van der Waals surface area contributed by atoms with Crippen LogP contribution in [0.25, 0.3) is 0 Å². The molecule has 0 unspecified atom stereocenters. The highest BCUT2D eigenvalue weighted by Gasteiger charge is 2.25. The fraction of sp³-hybridized carbons (Fsp3) is 0.462. The Hall–Kier alpha value is -1.98. The molecule has 1 aromatic heterocycles. The number of rotatable bonds is 11. The minimum absolute atomic E-state index is 0.0218. The van der Waals surface area contributed by atoms with Crippen LogP contribution in [0.5, 0.6) is 0 Å². The van der Waals surface area contributed by atoms with E-state index in [1.807, 2.05) is 12.1 Å². The highest BCUT2D eigenvalue weighted by atomic mass is 35.5. The molecule has 4 rings (SSSR count). The van der Waals surface area contributed by atoms with Crippen molar-refractivity contribution in [3.8, 4) is 0 Å². The van der Waals surface area contributed by atoms with Gasteiger partial charge in [-0.05, 0) is 23.8 Å². The van der Waals surface area contributed by atoms with E-state index < -0.39 is 11.7 Å². The lowest BCUT2D eigenvalue weighted by molar-refractivity contribution is -0.117. The fourth-order valence-electron chi connectivity index (χ4n) is 4.11. The van der Waals surface area contributed by atoms with Crippen molar-refractivity contribution in [2.75, 3.05) is 65.7 Å². The van der Waals surface area contributed by atoms with Crippen molar-refractivity contribution in [2.45, 2.75) is 13.1 Å². The van der Waals surface area contributed by atoms with E-state index in [0.717, 1.165) is 56.4 Å². The lowest BCUT2D eigenvalue weighted by Crippen LogP contribution is -2.39. The van der Waals surface area contributed by atoms with Gasteiger partial charge < -0.3 is 20.1 Å². The Morgan fingerprint density at radius 3 is 2.30 bits per heavy atom. The van der Waals surface area contributed by atoms with Crippen molar-refractivity contribution in [2.24, 2.45) is 0 Å². The first-order valence-corrected chi connectivity index (χ1v) is 14.0. The molecule has 2 aromatic rings. The predicted octanol–water partition coefficient (Wildman–Crippen LogP) is 3.19. The van der Waals surface area contributed by atoms with Crippen molar-refractivity contribution in [3.05, 3.63) is 67.5 Å². The number of carbonyl (C=O) groups is 2. The minimum Gasteiger partial charge on any atom is -0.389 e. The second-order valence-electron chi connectivity index (χ2n) is 8.89. The Labute approximate surface area is 231 Å². The Kier molecular flexibility index (Phi) is 10.8. The second-order valence-corrected chi connectivity index (χ2v) is 11.1. The third kappa shape index (κ3) is 8.51. The SMILES string of the molecule is O=C(NCc1ccc(Cl)cc1)/C(=C\NCCN1CCOCC1)C(=O)c1cc(CN2CCOCC2)sc1Cl. The fourth-order valence-corrected chi connectivity index (χ4v) is 5.59. The summed E-state index contributed by atoms with van der Waals surface area (Å²) < 4.78 is 11.2. The summed E-state index contributed by atoms with van der Waals surface area (Å²) in [5.74, 6) is -0.863. The molecule has 2 N–H and O–H groups in total. The average molecular weight is 568 g/mol. The van der Waals surface area contributed by atoms with Crippen LogP contribution < -0.4 is 10.6 Å². The van der Waals surface area contributed by atoms with Crippen LogP contribution in [0.4, 0.5) is 0 Å². The maximum atomic E-state index is 13.5. The molecule has 0 aliphatic carbocycles. The quantitative estimate of drug-likeness (QED) is 0.142. The summed E-state index contributed by atoms with van der Waals surface area (Å²) in [6.07, 6.45) is 1.51. The van der Waals surface area contributed by atoms with Crippen LogP contribution in [0.1, 0.15) is 20.8 Å². The van der Waals surface area contributed by atoms with E-state index in [0.29, 0.717) is 41.2 Å². The van der Waals surface area contributed by atoms with Gasteiger partial charge in [-0.3, -0.25) is 19.4 Å². The number of halogens is 2. The largest absolute Gasteiger partial charge is 0.389 e. The molecular weight excluding hydrogens is 535 g/mol. The summed E-state index contributed by atoms with van der Waals surface area (Å²) in [6.45, 7) is 8.60. The van der Waals surface area contributed by atoms with Crippen molar-refractivity contribution < 1.29 is 19.1 Å². The van der Waals surface area contributed by atoms with E-state index in [1.54, 1.807) is 18.2 Å². The summed E-state index contributed by atoms with van der Waals surface area (Å²) in [5.41, 5.74) is 1.25. The number of carbonyl (C=O) groups excluding carboxylic acids is 2. The van der Waals surface area contributed by atoms with E-state index in [2.05, 4.69) is 20.4 Å². The van der Waals surface area contributed by atoms with Crippen LogP contribution >= 0.6 is 34.5 Å². The molecule has 2 saturated heterocycles. The predicted molar refractivity (Wildman–Crippen MR) is 146 cm³/mol. The average Bonchev–Trinajstić information content (AvgIpc) is 3.28. The van der Waals surface area contributed by atoms with Gasteiger partial charge >= 0.3 is 0 Å². The summed E-state index contributed by atoms with van der Waals surface area (Å²) in [4.78, 5) is 32.2. The molecule has 0 radical (unpaired) electrons. The van der Waals surface area contributed by atoms with Gasteiger partial charge in [0.15, 0.2) is 0 Å².